The first-order valence-electron chi connectivity index (χ1n) is 13.1. The number of nitrogens with one attached hydrogen (secondary N) is 1. The molecule has 3 heterocycles. The molecule has 2 aromatic carbocycles. The number of nitriles is 1. The van der Waals surface area contributed by atoms with Gasteiger partial charge in [0.15, 0.2) is 11.2 Å². The molecular weight excluding hydrogens is 552 g/mol. The van der Waals surface area contributed by atoms with Crippen molar-refractivity contribution in [1.29, 1.82) is 5.26 Å². The highest BCUT2D eigenvalue weighted by Crippen LogP contribution is 2.30. The fraction of sp³-hybridized carbons (Fsp3) is 0.393. The van der Waals surface area contributed by atoms with Crippen LogP contribution in [0.2, 0.25) is 0 Å². The molecule has 2 aliphatic rings. The number of sulfonamides is 1. The summed E-state index contributed by atoms with van der Waals surface area (Å²) in [5.74, 6) is 0.558. The quantitative estimate of drug-likeness (QED) is 0.243. The van der Waals surface area contributed by atoms with Crippen LogP contribution >= 0.6 is 0 Å². The molecule has 218 valence electrons. The highest BCUT2D eigenvalue weighted by molar-refractivity contribution is 7.93. The number of benzene rings is 2. The monoisotopic (exact) mass is 584 g/mol. The Morgan fingerprint density at radius 2 is 1.76 bits per heavy atom. The molecule has 1 aromatic heterocycles. The molecule has 2 saturated heterocycles. The summed E-state index contributed by atoms with van der Waals surface area (Å²) in [7, 11) is -2.45. The largest absolute Gasteiger partial charge is 0.457 e. The van der Waals surface area contributed by atoms with E-state index in [0.29, 0.717) is 5.76 Å². The van der Waals surface area contributed by atoms with Gasteiger partial charge in [-0.25, -0.2) is 8.42 Å². The zero-order chi connectivity index (χ0) is 29.3. The SMILES string of the molecule is CN1CCN(c2ccc3cc(-c4ccc(/C=C(\C#N)S(=O)(=O)N[C@H]5C(O)O[C@H](CO)[C@@H](O)[C@@H]5O)o4)ccc3c2)CC1. The summed E-state index contributed by atoms with van der Waals surface area (Å²) in [5.41, 5.74) is 1.94. The van der Waals surface area contributed by atoms with Gasteiger partial charge >= 0.3 is 0 Å². The van der Waals surface area contributed by atoms with Crippen LogP contribution in [0.5, 0.6) is 0 Å². The van der Waals surface area contributed by atoms with Crippen molar-refractivity contribution in [3.8, 4) is 17.4 Å². The van der Waals surface area contributed by atoms with Crippen LogP contribution in [0.15, 0.2) is 57.9 Å². The van der Waals surface area contributed by atoms with Gasteiger partial charge in [-0.2, -0.15) is 9.98 Å². The molecule has 0 saturated carbocycles. The van der Waals surface area contributed by atoms with Crippen molar-refractivity contribution in [1.82, 2.24) is 9.62 Å². The fourth-order valence-electron chi connectivity index (χ4n) is 5.00. The topological polar surface area (TPSA) is 180 Å². The first kappa shape index (κ1) is 29.2. The summed E-state index contributed by atoms with van der Waals surface area (Å²) in [4.78, 5) is 3.93. The van der Waals surface area contributed by atoms with E-state index in [2.05, 4.69) is 35.0 Å². The van der Waals surface area contributed by atoms with Crippen molar-refractivity contribution in [2.75, 3.05) is 44.7 Å². The third-order valence-corrected chi connectivity index (χ3v) is 8.84. The van der Waals surface area contributed by atoms with Crippen LogP contribution in [0.3, 0.4) is 0 Å². The number of likely N-dealkylation sites (N-methyl/N-ethyl adjacent to an activating group) is 1. The molecule has 3 aromatic rings. The van der Waals surface area contributed by atoms with Crippen LogP contribution < -0.4 is 9.62 Å². The second kappa shape index (κ2) is 11.9. The molecule has 2 fully saturated rings. The number of nitrogens with zero attached hydrogens (tertiary/aromatic N) is 3. The smallest absolute Gasteiger partial charge is 0.251 e. The van der Waals surface area contributed by atoms with Crippen LogP contribution in [-0.4, -0.2) is 104 Å². The van der Waals surface area contributed by atoms with Gasteiger partial charge in [-0.05, 0) is 48.2 Å². The van der Waals surface area contributed by atoms with Crippen molar-refractivity contribution >= 4 is 32.6 Å². The summed E-state index contributed by atoms with van der Waals surface area (Å²) < 4.78 is 38.6. The molecule has 0 amide bonds. The summed E-state index contributed by atoms with van der Waals surface area (Å²) in [6, 6.07) is 15.3. The Balaban J connectivity index is 1.33. The molecule has 5 atom stereocenters. The number of anilines is 1. The highest BCUT2D eigenvalue weighted by atomic mass is 32.2. The maximum atomic E-state index is 12.9. The number of allylic oxidation sites excluding steroid dienone is 1. The van der Waals surface area contributed by atoms with Crippen molar-refractivity contribution in [2.24, 2.45) is 0 Å². The Kier molecular flexibility index (Phi) is 8.46. The Labute approximate surface area is 237 Å². The minimum atomic E-state index is -4.57. The van der Waals surface area contributed by atoms with E-state index in [0.717, 1.165) is 48.6 Å². The van der Waals surface area contributed by atoms with Gasteiger partial charge in [-0.15, -0.1) is 0 Å². The second-order valence-corrected chi connectivity index (χ2v) is 11.9. The van der Waals surface area contributed by atoms with Crippen molar-refractivity contribution in [2.45, 2.75) is 30.6 Å². The normalized spacial score (nSPS) is 26.3. The number of aliphatic hydroxyl groups excluding tert-OH is 4. The summed E-state index contributed by atoms with van der Waals surface area (Å²) >= 11 is 0. The number of aliphatic hydroxyl groups is 4. The van der Waals surface area contributed by atoms with E-state index in [9.17, 15) is 34.1 Å². The zero-order valence-corrected chi connectivity index (χ0v) is 23.1. The van der Waals surface area contributed by atoms with Gasteiger partial charge in [0, 0.05) is 43.5 Å². The predicted octanol–water partition coefficient (Wildman–Crippen LogP) is 0.435. The number of ether oxygens (including phenoxy) is 1. The number of hydrogen-bond acceptors (Lipinski definition) is 11. The van der Waals surface area contributed by atoms with E-state index in [1.807, 2.05) is 22.9 Å². The van der Waals surface area contributed by atoms with E-state index < -0.39 is 52.2 Å². The molecule has 1 unspecified atom stereocenters. The number of furan rings is 1. The lowest BCUT2D eigenvalue weighted by atomic mass is 9.98. The van der Waals surface area contributed by atoms with Crippen LogP contribution in [0.1, 0.15) is 5.76 Å². The fourth-order valence-corrected chi connectivity index (χ4v) is 6.13. The molecule has 5 N–H and O–H groups in total. The van der Waals surface area contributed by atoms with E-state index in [-0.39, 0.29) is 5.76 Å². The lowest BCUT2D eigenvalue weighted by molar-refractivity contribution is -0.251. The van der Waals surface area contributed by atoms with E-state index in [1.165, 1.54) is 11.8 Å². The molecule has 5 rings (SSSR count). The molecule has 0 radical (unpaired) electrons. The lowest BCUT2D eigenvalue weighted by Crippen LogP contribution is -2.64. The maximum Gasteiger partial charge on any atom is 0.251 e. The van der Waals surface area contributed by atoms with Crippen LogP contribution in [0.4, 0.5) is 5.69 Å². The van der Waals surface area contributed by atoms with Gasteiger partial charge in [-0.3, -0.25) is 0 Å². The number of hydrogen-bond donors (Lipinski definition) is 5. The number of piperazine rings is 1. The van der Waals surface area contributed by atoms with Crippen LogP contribution in [0.25, 0.3) is 28.2 Å². The minimum absolute atomic E-state index is 0.0915. The third kappa shape index (κ3) is 6.15. The third-order valence-electron chi connectivity index (χ3n) is 7.47. The van der Waals surface area contributed by atoms with E-state index in [4.69, 9.17) is 9.15 Å². The van der Waals surface area contributed by atoms with E-state index >= 15 is 0 Å². The first-order valence-corrected chi connectivity index (χ1v) is 14.6. The van der Waals surface area contributed by atoms with Gasteiger partial charge in [0.2, 0.25) is 0 Å². The molecule has 0 spiro atoms. The van der Waals surface area contributed by atoms with Gasteiger partial charge in [-0.1, -0.05) is 18.2 Å². The number of fused-ring (bicyclic) bond motifs is 1. The van der Waals surface area contributed by atoms with Crippen LogP contribution in [-0.2, 0) is 14.8 Å². The molecule has 0 aliphatic carbocycles. The van der Waals surface area contributed by atoms with E-state index in [1.54, 1.807) is 12.1 Å². The Morgan fingerprint density at radius 1 is 1.05 bits per heavy atom. The predicted molar refractivity (Wildman–Crippen MR) is 151 cm³/mol. The highest BCUT2D eigenvalue weighted by Gasteiger charge is 2.45. The second-order valence-electron chi connectivity index (χ2n) is 10.2. The molecule has 0 bridgehead atoms. The van der Waals surface area contributed by atoms with Gasteiger partial charge < -0.3 is 39.4 Å². The summed E-state index contributed by atoms with van der Waals surface area (Å²) in [5, 5.41) is 51.2. The van der Waals surface area contributed by atoms with Crippen molar-refractivity contribution in [3.63, 3.8) is 0 Å². The summed E-state index contributed by atoms with van der Waals surface area (Å²) in [6.45, 7) is 3.28. The van der Waals surface area contributed by atoms with Gasteiger partial charge in [0.25, 0.3) is 10.0 Å². The van der Waals surface area contributed by atoms with Crippen LogP contribution in [0, 0.1) is 11.3 Å². The Hall–Kier alpha value is -3.32. The minimum Gasteiger partial charge on any atom is -0.457 e. The standard InChI is InChI=1S/C28H32N4O8S/c1-31-8-10-32(11-9-31)20-5-4-17-12-19(3-2-18(17)13-20)23-7-6-21(39-23)14-22(15-29)41(37,38)30-25-27(35)26(34)24(16-33)40-28(25)36/h2-7,12-14,24-28,30,33-36H,8-11,16H2,1H3/b22-14+/t24-,25-,26-,27-,28?/m1/s1. The van der Waals surface area contributed by atoms with Gasteiger partial charge in [0.05, 0.1) is 6.61 Å². The van der Waals surface area contributed by atoms with Crippen molar-refractivity contribution in [3.05, 3.63) is 59.2 Å². The lowest BCUT2D eigenvalue weighted by Gasteiger charge is -2.40. The van der Waals surface area contributed by atoms with Gasteiger partial charge in [0.1, 0.15) is 41.9 Å². The first-order chi connectivity index (χ1) is 19.6. The zero-order valence-electron chi connectivity index (χ0n) is 22.3. The molecule has 12 nitrogen and oxygen atoms in total. The molecular formula is C28H32N4O8S. The maximum absolute atomic E-state index is 12.9. The number of rotatable bonds is 7. The average Bonchev–Trinajstić information content (AvgIpc) is 3.44. The molecule has 2 aliphatic heterocycles. The Morgan fingerprint density at radius 3 is 2.46 bits per heavy atom. The van der Waals surface area contributed by atoms with Crippen molar-refractivity contribution < 1.29 is 38.0 Å². The summed E-state index contributed by atoms with van der Waals surface area (Å²) in [6.07, 6.45) is -5.63. The average molecular weight is 585 g/mol. The molecule has 13 heteroatoms. The molecule has 41 heavy (non-hydrogen) atoms. The Bertz CT molecular complexity index is 1580.